The highest BCUT2D eigenvalue weighted by molar-refractivity contribution is 6.09. The van der Waals surface area contributed by atoms with Crippen LogP contribution in [0.15, 0.2) is 83.3 Å². The van der Waals surface area contributed by atoms with Crippen LogP contribution in [0.25, 0.3) is 22.3 Å². The van der Waals surface area contributed by atoms with E-state index in [0.717, 1.165) is 5.56 Å². The summed E-state index contributed by atoms with van der Waals surface area (Å²) in [6, 6.07) is 23.6. The van der Waals surface area contributed by atoms with E-state index in [1.165, 1.54) is 0 Å². The average molecular weight is 444 g/mol. The molecule has 6 heteroatoms. The van der Waals surface area contributed by atoms with E-state index in [2.05, 4.69) is 0 Å². The van der Waals surface area contributed by atoms with Gasteiger partial charge in [-0.05, 0) is 32.0 Å². The summed E-state index contributed by atoms with van der Waals surface area (Å²) in [5.74, 6) is -0.162. The van der Waals surface area contributed by atoms with E-state index in [1.54, 1.807) is 44.2 Å². The molecule has 168 valence electrons. The van der Waals surface area contributed by atoms with E-state index in [1.807, 2.05) is 48.5 Å². The molecule has 1 atom stereocenters. The maximum atomic E-state index is 12.9. The second-order valence-electron chi connectivity index (χ2n) is 7.21. The lowest BCUT2D eigenvalue weighted by molar-refractivity contribution is -0.151. The molecule has 0 unspecified atom stereocenters. The summed E-state index contributed by atoms with van der Waals surface area (Å²) in [6.07, 6.45) is -0.949. The first-order valence-electron chi connectivity index (χ1n) is 10.8. The van der Waals surface area contributed by atoms with Gasteiger partial charge in [-0.25, -0.2) is 9.59 Å². The van der Waals surface area contributed by atoms with Crippen LogP contribution in [0, 0.1) is 0 Å². The third-order valence-electron chi connectivity index (χ3n) is 5.03. The van der Waals surface area contributed by atoms with E-state index in [-0.39, 0.29) is 13.2 Å². The summed E-state index contributed by atoms with van der Waals surface area (Å²) in [4.78, 5) is 25.5. The lowest BCUT2D eigenvalue weighted by Gasteiger charge is -2.18. The van der Waals surface area contributed by atoms with Gasteiger partial charge >= 0.3 is 11.9 Å². The molecular weight excluding hydrogens is 420 g/mol. The minimum Gasteiger partial charge on any atom is -0.474 e. The predicted molar refractivity (Wildman–Crippen MR) is 124 cm³/mol. The van der Waals surface area contributed by atoms with Crippen molar-refractivity contribution in [2.24, 2.45) is 0 Å². The third-order valence-corrected chi connectivity index (χ3v) is 5.03. The fourth-order valence-electron chi connectivity index (χ4n) is 3.58. The minimum absolute atomic E-state index is 0.231. The molecule has 0 aliphatic heterocycles. The van der Waals surface area contributed by atoms with Gasteiger partial charge in [-0.3, -0.25) is 0 Å². The van der Waals surface area contributed by atoms with Gasteiger partial charge in [-0.1, -0.05) is 60.7 Å². The van der Waals surface area contributed by atoms with Crippen LogP contribution in [0.3, 0.4) is 0 Å². The van der Waals surface area contributed by atoms with Crippen LogP contribution in [0.1, 0.15) is 35.9 Å². The van der Waals surface area contributed by atoms with Gasteiger partial charge in [0.1, 0.15) is 22.7 Å². The zero-order valence-electron chi connectivity index (χ0n) is 18.4. The van der Waals surface area contributed by atoms with Crippen molar-refractivity contribution in [2.45, 2.75) is 20.0 Å². The predicted octanol–water partition coefficient (Wildman–Crippen LogP) is 5.96. The normalized spacial score (nSPS) is 11.7. The third kappa shape index (κ3) is 4.75. The first-order chi connectivity index (χ1) is 16.1. The number of fused-ring (bicyclic) bond motifs is 1. The number of rotatable bonds is 8. The lowest BCUT2D eigenvalue weighted by Crippen LogP contribution is -2.21. The molecule has 0 spiro atoms. The van der Waals surface area contributed by atoms with Crippen molar-refractivity contribution in [3.8, 4) is 17.1 Å². The molecule has 4 aromatic rings. The van der Waals surface area contributed by atoms with Crippen molar-refractivity contribution < 1.29 is 28.2 Å². The molecule has 1 aromatic heterocycles. The van der Waals surface area contributed by atoms with Gasteiger partial charge < -0.3 is 18.6 Å². The Morgan fingerprint density at radius 1 is 0.848 bits per heavy atom. The maximum Gasteiger partial charge on any atom is 0.352 e. The first-order valence-corrected chi connectivity index (χ1v) is 10.8. The SMILES string of the molecule is CCOC(=O)c1c(-c2ccccc2)oc2ccc(O[C@@H](C(=O)OCC)c3ccccc3)cc12. The molecule has 0 amide bonds. The quantitative estimate of drug-likeness (QED) is 0.312. The molecule has 1 heterocycles. The topological polar surface area (TPSA) is 75.0 Å². The molecule has 6 nitrogen and oxygen atoms in total. The summed E-state index contributed by atoms with van der Waals surface area (Å²) in [5, 5.41) is 0.542. The number of hydrogen-bond donors (Lipinski definition) is 0. The van der Waals surface area contributed by atoms with Crippen LogP contribution in [-0.4, -0.2) is 25.2 Å². The molecule has 0 fully saturated rings. The Kier molecular flexibility index (Phi) is 6.74. The zero-order valence-corrected chi connectivity index (χ0v) is 18.4. The smallest absolute Gasteiger partial charge is 0.352 e. The molecule has 0 bridgehead atoms. The molecule has 0 radical (unpaired) electrons. The van der Waals surface area contributed by atoms with Gasteiger partial charge in [-0.15, -0.1) is 0 Å². The van der Waals surface area contributed by atoms with Crippen LogP contribution >= 0.6 is 0 Å². The second-order valence-corrected chi connectivity index (χ2v) is 7.21. The zero-order chi connectivity index (χ0) is 23.2. The Balaban J connectivity index is 1.78. The van der Waals surface area contributed by atoms with Gasteiger partial charge in [0.25, 0.3) is 0 Å². The molecular formula is C27H24O6. The number of hydrogen-bond acceptors (Lipinski definition) is 6. The number of furan rings is 1. The molecule has 0 N–H and O–H groups in total. The van der Waals surface area contributed by atoms with Crippen LogP contribution in [0.5, 0.6) is 5.75 Å². The van der Waals surface area contributed by atoms with Gasteiger partial charge in [0.05, 0.1) is 13.2 Å². The fraction of sp³-hybridized carbons (Fsp3) is 0.185. The summed E-state index contributed by atoms with van der Waals surface area (Å²) in [6.45, 7) is 3.96. The number of ether oxygens (including phenoxy) is 3. The van der Waals surface area contributed by atoms with E-state index in [9.17, 15) is 9.59 Å². The lowest BCUT2D eigenvalue weighted by atomic mass is 10.1. The first kappa shape index (κ1) is 22.1. The Hall–Kier alpha value is -4.06. The Morgan fingerprint density at radius 2 is 1.52 bits per heavy atom. The molecule has 0 saturated heterocycles. The van der Waals surface area contributed by atoms with E-state index < -0.39 is 18.0 Å². The summed E-state index contributed by atoms with van der Waals surface area (Å²) in [5.41, 5.74) is 2.25. The molecule has 4 rings (SSSR count). The van der Waals surface area contributed by atoms with Crippen molar-refractivity contribution in [1.82, 2.24) is 0 Å². The van der Waals surface area contributed by atoms with Gasteiger partial charge in [-0.2, -0.15) is 0 Å². The van der Waals surface area contributed by atoms with Crippen LogP contribution in [0.2, 0.25) is 0 Å². The largest absolute Gasteiger partial charge is 0.474 e. The fourth-order valence-corrected chi connectivity index (χ4v) is 3.58. The number of carbonyl (C=O) groups is 2. The molecule has 3 aromatic carbocycles. The Bertz CT molecular complexity index is 1240. The monoisotopic (exact) mass is 444 g/mol. The minimum atomic E-state index is -0.949. The summed E-state index contributed by atoms with van der Waals surface area (Å²) in [7, 11) is 0. The van der Waals surface area contributed by atoms with Crippen molar-refractivity contribution in [2.75, 3.05) is 13.2 Å². The highest BCUT2D eigenvalue weighted by Crippen LogP contribution is 2.37. The Morgan fingerprint density at radius 3 is 2.18 bits per heavy atom. The van der Waals surface area contributed by atoms with E-state index >= 15 is 0 Å². The van der Waals surface area contributed by atoms with Crippen LogP contribution < -0.4 is 4.74 Å². The van der Waals surface area contributed by atoms with Crippen molar-refractivity contribution in [3.63, 3.8) is 0 Å². The molecule has 33 heavy (non-hydrogen) atoms. The van der Waals surface area contributed by atoms with Crippen LogP contribution in [-0.2, 0) is 14.3 Å². The highest BCUT2D eigenvalue weighted by atomic mass is 16.6. The van der Waals surface area contributed by atoms with Gasteiger partial charge in [0.15, 0.2) is 0 Å². The molecule has 0 saturated carbocycles. The van der Waals surface area contributed by atoms with Crippen LogP contribution in [0.4, 0.5) is 0 Å². The van der Waals surface area contributed by atoms with Crippen molar-refractivity contribution in [3.05, 3.63) is 90.0 Å². The maximum absolute atomic E-state index is 12.9. The van der Waals surface area contributed by atoms with Crippen molar-refractivity contribution >= 4 is 22.9 Å². The Labute approximate surface area is 191 Å². The average Bonchev–Trinajstić information content (AvgIpc) is 3.23. The number of benzene rings is 3. The summed E-state index contributed by atoms with van der Waals surface area (Å²) < 4.78 is 22.6. The molecule has 0 aliphatic carbocycles. The number of carbonyl (C=O) groups excluding carboxylic acids is 2. The van der Waals surface area contributed by atoms with E-state index in [0.29, 0.717) is 33.6 Å². The second kappa shape index (κ2) is 10.0. The van der Waals surface area contributed by atoms with E-state index in [4.69, 9.17) is 18.6 Å². The van der Waals surface area contributed by atoms with Crippen molar-refractivity contribution in [1.29, 1.82) is 0 Å². The highest BCUT2D eigenvalue weighted by Gasteiger charge is 2.27. The molecule has 0 aliphatic rings. The number of esters is 2. The summed E-state index contributed by atoms with van der Waals surface area (Å²) >= 11 is 0. The van der Waals surface area contributed by atoms with Gasteiger partial charge in [0.2, 0.25) is 6.10 Å². The van der Waals surface area contributed by atoms with Gasteiger partial charge in [0, 0.05) is 16.5 Å². The standard InChI is InChI=1S/C27H24O6/c1-3-30-26(28)23-21-17-20(15-16-22(21)33-24(23)18-11-7-5-8-12-18)32-25(27(29)31-4-2)19-13-9-6-10-14-19/h5-17,25H,3-4H2,1-2H3/t25-/m1/s1.